The van der Waals surface area contributed by atoms with Gasteiger partial charge in [-0.25, -0.2) is 8.78 Å². The Morgan fingerprint density at radius 1 is 1.02 bits per heavy atom. The van der Waals surface area contributed by atoms with Gasteiger partial charge in [-0.05, 0) is 128 Å². The number of esters is 1. The molecular weight excluding hydrogens is 924 g/mol. The normalized spacial score (nSPS) is 36.7. The van der Waals surface area contributed by atoms with Crippen molar-refractivity contribution < 1.29 is 62.0 Å². The number of nitrogens with one attached hydrogen (secondary N) is 3. The highest BCUT2D eigenvalue weighted by molar-refractivity contribution is 9.10. The minimum atomic E-state index is -2.34. The Labute approximate surface area is 392 Å². The van der Waals surface area contributed by atoms with Crippen LogP contribution in [0.4, 0.5) is 8.78 Å². The van der Waals surface area contributed by atoms with E-state index in [1.807, 2.05) is 24.3 Å². The summed E-state index contributed by atoms with van der Waals surface area (Å²) in [4.78, 5) is 76.4. The lowest BCUT2D eigenvalue weighted by molar-refractivity contribution is -0.235. The molecule has 4 saturated carbocycles. The van der Waals surface area contributed by atoms with E-state index >= 15 is 8.78 Å². The molecular formula is C49H64BrF2N3O11. The first-order valence-electron chi connectivity index (χ1n) is 23.2. The van der Waals surface area contributed by atoms with E-state index in [2.05, 4.69) is 31.9 Å². The Bertz CT molecular complexity index is 2140. The zero-order chi connectivity index (χ0) is 48.1. The van der Waals surface area contributed by atoms with Gasteiger partial charge in [-0.1, -0.05) is 53.2 Å². The number of allylic oxidation sites excluding steroid dienone is 4. The first-order valence-corrected chi connectivity index (χ1v) is 24.1. The van der Waals surface area contributed by atoms with E-state index in [0.717, 1.165) is 30.9 Å². The van der Waals surface area contributed by atoms with Crippen LogP contribution in [-0.2, 0) is 49.4 Å². The fraction of sp³-hybridized carbons (Fsp3) is 0.673. The number of alkyl halides is 3. The summed E-state index contributed by atoms with van der Waals surface area (Å²) in [5.74, 6) is -4.32. The van der Waals surface area contributed by atoms with Crippen LogP contribution in [-0.4, -0.2) is 111 Å². The summed E-state index contributed by atoms with van der Waals surface area (Å²) in [5, 5.41) is 30.4. The molecule has 1 aliphatic heterocycles. The lowest BCUT2D eigenvalue weighted by Gasteiger charge is -2.63. The van der Waals surface area contributed by atoms with Crippen molar-refractivity contribution in [2.45, 2.75) is 164 Å². The number of halogens is 3. The molecule has 1 heterocycles. The predicted octanol–water partition coefficient (Wildman–Crippen LogP) is 5.05. The van der Waals surface area contributed by atoms with Gasteiger partial charge in [0.1, 0.15) is 24.4 Å². The molecule has 66 heavy (non-hydrogen) atoms. The van der Waals surface area contributed by atoms with E-state index in [1.54, 1.807) is 34.6 Å². The van der Waals surface area contributed by atoms with Crippen molar-refractivity contribution in [2.24, 2.45) is 28.6 Å². The number of ether oxygens (including phenoxy) is 3. The number of aliphatic hydroxyl groups is 2. The number of fused-ring (bicyclic) bond motifs is 7. The second kappa shape index (κ2) is 18.9. The molecule has 3 amide bonds. The number of hydrogen-bond acceptors (Lipinski definition) is 11. The monoisotopic (exact) mass is 987 g/mol. The Kier molecular flexibility index (Phi) is 14.3. The maximum absolute atomic E-state index is 17.8. The number of benzene rings is 1. The number of amides is 3. The summed E-state index contributed by atoms with van der Waals surface area (Å²) < 4.78 is 52.3. The van der Waals surface area contributed by atoms with Crippen LogP contribution in [0.2, 0.25) is 0 Å². The minimum Gasteiger partial charge on any atom is -0.460 e. The summed E-state index contributed by atoms with van der Waals surface area (Å²) in [6, 6.07) is 6.50. The molecule has 0 aromatic heterocycles. The van der Waals surface area contributed by atoms with Gasteiger partial charge in [-0.3, -0.25) is 28.8 Å². The Morgan fingerprint density at radius 3 is 2.33 bits per heavy atom. The van der Waals surface area contributed by atoms with Gasteiger partial charge in [-0.2, -0.15) is 0 Å². The van der Waals surface area contributed by atoms with Crippen LogP contribution in [0, 0.1) is 28.6 Å². The van der Waals surface area contributed by atoms with Crippen LogP contribution >= 0.6 is 15.9 Å². The Balaban J connectivity index is 0.963. The number of hydrogen-bond donors (Lipinski definition) is 5. The summed E-state index contributed by atoms with van der Waals surface area (Å²) in [7, 11) is 0. The first-order chi connectivity index (χ1) is 30.9. The van der Waals surface area contributed by atoms with Crippen molar-refractivity contribution in [3.05, 3.63) is 59.2 Å². The molecule has 5 aliphatic carbocycles. The van der Waals surface area contributed by atoms with Crippen LogP contribution in [0.15, 0.2) is 48.1 Å². The van der Waals surface area contributed by atoms with Crippen molar-refractivity contribution in [2.75, 3.05) is 13.2 Å². The molecule has 1 aromatic carbocycles. The molecule has 0 bridgehead atoms. The van der Waals surface area contributed by atoms with Gasteiger partial charge in [0.25, 0.3) is 0 Å². The van der Waals surface area contributed by atoms with E-state index in [0.29, 0.717) is 24.3 Å². The second-order valence-electron chi connectivity index (χ2n) is 20.7. The van der Waals surface area contributed by atoms with E-state index < -0.39 is 111 Å². The van der Waals surface area contributed by atoms with E-state index in [-0.39, 0.29) is 56.2 Å². The number of rotatable bonds is 14. The largest absolute Gasteiger partial charge is 0.460 e. The van der Waals surface area contributed by atoms with Crippen LogP contribution < -0.4 is 16.0 Å². The third kappa shape index (κ3) is 9.19. The van der Waals surface area contributed by atoms with Crippen molar-refractivity contribution >= 4 is 51.2 Å². The zero-order valence-electron chi connectivity index (χ0n) is 38.5. The van der Waals surface area contributed by atoms with Gasteiger partial charge in [0.05, 0.1) is 23.6 Å². The zero-order valence-corrected chi connectivity index (χ0v) is 40.1. The fourth-order valence-corrected chi connectivity index (χ4v) is 12.3. The number of aliphatic hydroxyl groups excluding tert-OH is 2. The van der Waals surface area contributed by atoms with E-state index in [1.165, 1.54) is 19.1 Å². The third-order valence-electron chi connectivity index (χ3n) is 15.4. The van der Waals surface area contributed by atoms with Crippen LogP contribution in [0.3, 0.4) is 0 Å². The molecule has 12 atom stereocenters. The number of carbonyl (C=O) groups is 6. The van der Waals surface area contributed by atoms with Crippen LogP contribution in [0.25, 0.3) is 0 Å². The van der Waals surface area contributed by atoms with Crippen molar-refractivity contribution in [3.63, 3.8) is 0 Å². The highest BCUT2D eigenvalue weighted by Gasteiger charge is 2.80. The average molecular weight is 989 g/mol. The lowest BCUT2D eigenvalue weighted by Crippen LogP contribution is -2.70. The Hall–Kier alpha value is -3.90. The highest BCUT2D eigenvalue weighted by atomic mass is 79.9. The van der Waals surface area contributed by atoms with Gasteiger partial charge in [0.15, 0.2) is 29.1 Å². The molecule has 0 spiro atoms. The quantitative estimate of drug-likeness (QED) is 0.123. The first kappa shape index (κ1) is 50.0. The van der Waals surface area contributed by atoms with Gasteiger partial charge in [0.2, 0.25) is 17.7 Å². The highest BCUT2D eigenvalue weighted by Crippen LogP contribution is 2.72. The molecule has 6 aliphatic rings. The number of carbonyl (C=O) groups excluding carboxylic acids is 6. The predicted molar refractivity (Wildman–Crippen MR) is 240 cm³/mol. The van der Waals surface area contributed by atoms with Crippen molar-refractivity contribution in [1.29, 1.82) is 0 Å². The van der Waals surface area contributed by atoms with Crippen LogP contribution in [0.5, 0.6) is 0 Å². The maximum atomic E-state index is 17.8. The van der Waals surface area contributed by atoms with Gasteiger partial charge < -0.3 is 40.4 Å². The fourth-order valence-electron chi connectivity index (χ4n) is 12.1. The average Bonchev–Trinajstić information content (AvgIpc) is 3.76. The molecule has 1 unspecified atom stereocenters. The smallest absolute Gasteiger partial charge is 0.306 e. The maximum Gasteiger partial charge on any atom is 0.306 e. The van der Waals surface area contributed by atoms with Crippen molar-refractivity contribution in [3.8, 4) is 0 Å². The number of ketones is 2. The van der Waals surface area contributed by atoms with E-state index in [4.69, 9.17) is 14.2 Å². The minimum absolute atomic E-state index is 0.0104. The number of Topliss-reactive ketones (excluding diaryl/α,β-unsaturated/α-hetero) is 1. The van der Waals surface area contributed by atoms with Crippen LogP contribution in [0.1, 0.15) is 117 Å². The molecule has 17 heteroatoms. The topological polar surface area (TPSA) is 207 Å². The molecule has 0 radical (unpaired) electrons. The van der Waals surface area contributed by atoms with Gasteiger partial charge in [-0.15, -0.1) is 0 Å². The summed E-state index contributed by atoms with van der Waals surface area (Å²) in [5.41, 5.74) is -5.90. The lowest BCUT2D eigenvalue weighted by atomic mass is 9.44. The molecule has 5 N–H and O–H groups in total. The summed E-state index contributed by atoms with van der Waals surface area (Å²) >= 11 is 3.15. The SMILES string of the molecule is CC(Br)C(=O)NCC(=O)N[C@@H](CCC(=O)OC(C)(C)C)C(=O)NC1CCC(Cc2ccc([C@@H]3O[C@@H]4C[C@H]5[C@@H]6C[C@H](F)C7=CC(=O)C=C[C@]7(C)[C@@]6(F)[C@@H](O)C[C@]5(C)[C@]4(C(=O)CO)O3)cc2)CC1. The molecule has 7 rings (SSSR count). The molecule has 362 valence electrons. The summed E-state index contributed by atoms with van der Waals surface area (Å²) in [6.45, 7) is 8.92. The van der Waals surface area contributed by atoms with Crippen molar-refractivity contribution in [1.82, 2.24) is 16.0 Å². The Morgan fingerprint density at radius 2 is 1.70 bits per heavy atom. The molecule has 1 aromatic rings. The molecule has 5 fully saturated rings. The second-order valence-corrected chi connectivity index (χ2v) is 22.1. The van der Waals surface area contributed by atoms with E-state index in [9.17, 15) is 39.0 Å². The van der Waals surface area contributed by atoms with Gasteiger partial charge in [0, 0.05) is 34.8 Å². The van der Waals surface area contributed by atoms with Gasteiger partial charge >= 0.3 is 5.97 Å². The molecule has 1 saturated heterocycles. The molecule has 14 nitrogen and oxygen atoms in total. The summed E-state index contributed by atoms with van der Waals surface area (Å²) in [6.07, 6.45) is 1.91. The third-order valence-corrected chi connectivity index (χ3v) is 15.8. The standard InChI is InChI=1S/C49H64BrF2N3O11/c1-26(50)42(62)53-24-40(60)55-36(15-16-41(61)65-45(2,3)4)43(63)54-30-13-9-28(10-14-30)19-27-7-11-29(12-8-27)44-64-39-22-32-33-21-35(51)34-20-31(57)17-18-46(34,5)48(33,52)37(58)23-47(32,6)49(39,66-44)38(59)25-56/h7-8,11-12,17-18,20,26,28,30,32-33,35-37,39,44,56,58H,9-10,13-16,19,21-25H2,1-6H3,(H,53,62)(H,54,63)(H,55,60)/t26?,28?,30?,32-,33-,35-,36-,37-,39+,44+,46-,47-,48-,49+/m0/s1.